The molecule has 33 heavy (non-hydrogen) atoms. The molecule has 1 saturated heterocycles. The summed E-state index contributed by atoms with van der Waals surface area (Å²) in [5.74, 6) is 0. The second-order valence-electron chi connectivity index (χ2n) is 8.59. The Morgan fingerprint density at radius 1 is 0.909 bits per heavy atom. The van der Waals surface area contributed by atoms with Gasteiger partial charge < -0.3 is 4.74 Å². The molecule has 3 aromatic heterocycles. The zero-order valence-corrected chi connectivity index (χ0v) is 18.6. The molecule has 0 amide bonds. The quantitative estimate of drug-likeness (QED) is 0.429. The summed E-state index contributed by atoms with van der Waals surface area (Å²) in [5.41, 5.74) is 5.75. The van der Waals surface area contributed by atoms with Gasteiger partial charge in [-0.3, -0.25) is 24.0 Å². The van der Waals surface area contributed by atoms with Gasteiger partial charge in [-0.25, -0.2) is 4.79 Å². The third-order valence-electron chi connectivity index (χ3n) is 6.64. The van der Waals surface area contributed by atoms with E-state index in [1.807, 2.05) is 48.3 Å². The van der Waals surface area contributed by atoms with Crippen molar-refractivity contribution < 1.29 is 4.74 Å². The van der Waals surface area contributed by atoms with Gasteiger partial charge in [0.15, 0.2) is 0 Å². The van der Waals surface area contributed by atoms with Gasteiger partial charge in [0.1, 0.15) is 0 Å². The van der Waals surface area contributed by atoms with E-state index in [2.05, 4.69) is 39.1 Å². The number of aryl methyl sites for hydroxylation is 1. The van der Waals surface area contributed by atoms with Crippen LogP contribution in [0.25, 0.3) is 44.0 Å². The summed E-state index contributed by atoms with van der Waals surface area (Å²) < 4.78 is 9.06. The lowest BCUT2D eigenvalue weighted by molar-refractivity contribution is 0.0364. The number of benzene rings is 2. The summed E-state index contributed by atoms with van der Waals surface area (Å²) in [5, 5.41) is 2.09. The van der Waals surface area contributed by atoms with Gasteiger partial charge in [-0.05, 0) is 29.8 Å². The van der Waals surface area contributed by atoms with Gasteiger partial charge in [0.2, 0.25) is 0 Å². The molecule has 6 rings (SSSR count). The molecule has 4 heterocycles. The molecule has 0 saturated carbocycles. The van der Waals surface area contributed by atoms with Gasteiger partial charge in [-0.2, -0.15) is 0 Å². The predicted octanol–water partition coefficient (Wildman–Crippen LogP) is 3.44. The van der Waals surface area contributed by atoms with E-state index in [1.165, 1.54) is 0 Å². The van der Waals surface area contributed by atoms with Crippen LogP contribution in [-0.2, 0) is 18.3 Å². The molecule has 0 radical (unpaired) electrons. The number of imidazole rings is 1. The van der Waals surface area contributed by atoms with Crippen LogP contribution in [0.5, 0.6) is 0 Å². The summed E-state index contributed by atoms with van der Waals surface area (Å²) >= 11 is 0. The first-order chi connectivity index (χ1) is 16.2. The van der Waals surface area contributed by atoms with Crippen LogP contribution in [0.2, 0.25) is 0 Å². The third kappa shape index (κ3) is 3.50. The number of hydrogen-bond acceptors (Lipinski definition) is 5. The number of fused-ring (bicyclic) bond motifs is 4. The molecule has 0 spiro atoms. The second kappa shape index (κ2) is 8.10. The average Bonchev–Trinajstić information content (AvgIpc) is 3.12. The van der Waals surface area contributed by atoms with Crippen LogP contribution in [0.1, 0.15) is 0 Å². The number of hydrogen-bond donors (Lipinski definition) is 0. The summed E-state index contributed by atoms with van der Waals surface area (Å²) in [4.78, 5) is 24.8. The minimum atomic E-state index is -0.00895. The lowest BCUT2D eigenvalue weighted by Crippen LogP contribution is -2.39. The third-order valence-corrected chi connectivity index (χ3v) is 6.64. The maximum Gasteiger partial charge on any atom is 0.328 e. The molecule has 7 heteroatoms. The molecule has 1 fully saturated rings. The molecular formula is C26H25N5O2. The van der Waals surface area contributed by atoms with E-state index in [0.717, 1.165) is 76.8 Å². The van der Waals surface area contributed by atoms with Gasteiger partial charge in [0.25, 0.3) is 0 Å². The largest absolute Gasteiger partial charge is 0.379 e. The van der Waals surface area contributed by atoms with Crippen molar-refractivity contribution in [2.75, 3.05) is 32.8 Å². The van der Waals surface area contributed by atoms with Crippen LogP contribution in [0, 0.1) is 0 Å². The molecule has 1 aliphatic rings. The maximum absolute atomic E-state index is 13.2. The summed E-state index contributed by atoms with van der Waals surface area (Å²) in [7, 11) is 1.82. The normalized spacial score (nSPS) is 15.1. The number of pyridine rings is 2. The fraction of sp³-hybridized carbons (Fsp3) is 0.269. The molecule has 1 aliphatic heterocycles. The molecule has 0 N–H and O–H groups in total. The van der Waals surface area contributed by atoms with Crippen molar-refractivity contribution in [3.8, 4) is 11.1 Å². The highest BCUT2D eigenvalue weighted by molar-refractivity contribution is 6.04. The number of ether oxygens (including phenoxy) is 1. The molecule has 0 unspecified atom stereocenters. The highest BCUT2D eigenvalue weighted by Gasteiger charge is 2.17. The minimum Gasteiger partial charge on any atom is -0.379 e. The van der Waals surface area contributed by atoms with E-state index in [-0.39, 0.29) is 5.69 Å². The maximum atomic E-state index is 13.2. The fourth-order valence-corrected chi connectivity index (χ4v) is 4.76. The molecule has 2 aromatic carbocycles. The SMILES string of the molecule is Cn1c(=O)n(CCN2CCOCC2)c2c3cc(-c4cnc5ccccc5c4)ccc3ncc21. The summed E-state index contributed by atoms with van der Waals surface area (Å²) in [6, 6.07) is 16.5. The van der Waals surface area contributed by atoms with Gasteiger partial charge in [0.05, 0.1) is 41.5 Å². The highest BCUT2D eigenvalue weighted by Crippen LogP contribution is 2.29. The molecular weight excluding hydrogens is 414 g/mol. The predicted molar refractivity (Wildman–Crippen MR) is 130 cm³/mol. The first-order valence-corrected chi connectivity index (χ1v) is 11.3. The van der Waals surface area contributed by atoms with Crippen LogP contribution in [-0.4, -0.2) is 56.9 Å². The Balaban J connectivity index is 1.48. The van der Waals surface area contributed by atoms with Gasteiger partial charge in [0, 0.05) is 55.8 Å². The smallest absolute Gasteiger partial charge is 0.328 e. The Bertz CT molecular complexity index is 1550. The van der Waals surface area contributed by atoms with E-state index in [4.69, 9.17) is 4.74 Å². The Kier molecular flexibility index (Phi) is 4.93. The van der Waals surface area contributed by atoms with Crippen molar-refractivity contribution in [1.29, 1.82) is 0 Å². The number of rotatable bonds is 4. The molecule has 166 valence electrons. The zero-order valence-electron chi connectivity index (χ0n) is 18.6. The van der Waals surface area contributed by atoms with E-state index in [9.17, 15) is 4.79 Å². The Labute approximate surface area is 190 Å². The van der Waals surface area contributed by atoms with Gasteiger partial charge >= 0.3 is 5.69 Å². The molecule has 0 bridgehead atoms. The van der Waals surface area contributed by atoms with Crippen molar-refractivity contribution in [3.63, 3.8) is 0 Å². The lowest BCUT2D eigenvalue weighted by atomic mass is 10.0. The first-order valence-electron chi connectivity index (χ1n) is 11.3. The standard InChI is InChI=1S/C26H25N5O2/c1-29-24-17-28-23-7-6-18(20-14-19-4-2-3-5-22(19)27-16-20)15-21(23)25(24)31(26(29)32)9-8-30-10-12-33-13-11-30/h2-7,14-17H,8-13H2,1H3. The van der Waals surface area contributed by atoms with Crippen LogP contribution < -0.4 is 5.69 Å². The molecule has 5 aromatic rings. The fourth-order valence-electron chi connectivity index (χ4n) is 4.76. The molecule has 0 atom stereocenters. The van der Waals surface area contributed by atoms with Gasteiger partial charge in [-0.1, -0.05) is 24.3 Å². The summed E-state index contributed by atoms with van der Waals surface area (Å²) in [6.07, 6.45) is 3.72. The lowest BCUT2D eigenvalue weighted by Gasteiger charge is -2.26. The van der Waals surface area contributed by atoms with Crippen molar-refractivity contribution in [3.05, 3.63) is 71.4 Å². The monoisotopic (exact) mass is 439 g/mol. The van der Waals surface area contributed by atoms with Crippen molar-refractivity contribution in [2.45, 2.75) is 6.54 Å². The van der Waals surface area contributed by atoms with Crippen molar-refractivity contribution in [1.82, 2.24) is 24.0 Å². The Morgan fingerprint density at radius 3 is 2.61 bits per heavy atom. The van der Waals surface area contributed by atoms with Crippen LogP contribution >= 0.6 is 0 Å². The first kappa shape index (κ1) is 20.1. The van der Waals surface area contributed by atoms with Crippen molar-refractivity contribution in [2.24, 2.45) is 7.05 Å². The van der Waals surface area contributed by atoms with Crippen LogP contribution in [0.3, 0.4) is 0 Å². The Morgan fingerprint density at radius 2 is 1.73 bits per heavy atom. The summed E-state index contributed by atoms with van der Waals surface area (Å²) in [6.45, 7) is 4.76. The topological polar surface area (TPSA) is 65.2 Å². The number of nitrogens with zero attached hydrogens (tertiary/aromatic N) is 5. The molecule has 0 aliphatic carbocycles. The number of aromatic nitrogens is 4. The minimum absolute atomic E-state index is 0.00895. The van der Waals surface area contributed by atoms with E-state index in [0.29, 0.717) is 6.54 Å². The Hall–Kier alpha value is -3.55. The van der Waals surface area contributed by atoms with E-state index in [1.54, 1.807) is 4.57 Å². The van der Waals surface area contributed by atoms with E-state index >= 15 is 0 Å². The van der Waals surface area contributed by atoms with Crippen molar-refractivity contribution >= 4 is 32.8 Å². The van der Waals surface area contributed by atoms with Gasteiger partial charge in [-0.15, -0.1) is 0 Å². The second-order valence-corrected chi connectivity index (χ2v) is 8.59. The number of morpholine rings is 1. The average molecular weight is 440 g/mol. The van der Waals surface area contributed by atoms with Crippen LogP contribution in [0.4, 0.5) is 0 Å². The highest BCUT2D eigenvalue weighted by atomic mass is 16.5. The number of para-hydroxylation sites is 1. The van der Waals surface area contributed by atoms with Crippen LogP contribution in [0.15, 0.2) is 65.7 Å². The van der Waals surface area contributed by atoms with E-state index < -0.39 is 0 Å². The molecule has 7 nitrogen and oxygen atoms in total. The zero-order chi connectivity index (χ0) is 22.4.